The minimum atomic E-state index is 0.690. The van der Waals surface area contributed by atoms with Gasteiger partial charge in [-0.15, -0.1) is 0 Å². The molecule has 0 unspecified atom stereocenters. The number of rotatable bonds is 3. The number of hydrogen-bond donors (Lipinski definition) is 1. The molecule has 0 saturated carbocycles. The largest absolute Gasteiger partial charge is 0.370 e. The second-order valence-corrected chi connectivity index (χ2v) is 9.46. The summed E-state index contributed by atoms with van der Waals surface area (Å²) >= 11 is 0. The number of para-hydroxylation sites is 2. The Morgan fingerprint density at radius 3 is 2.37 bits per heavy atom. The maximum Gasteiger partial charge on any atom is 0.118 e. The third-order valence-corrected chi connectivity index (χ3v) is 7.40. The zero-order chi connectivity index (χ0) is 25.1. The first kappa shape index (κ1) is 20.9. The Bertz CT molecular complexity index is 2010. The lowest BCUT2D eigenvalue weighted by molar-refractivity contribution is 0.841. The summed E-state index contributed by atoms with van der Waals surface area (Å²) in [5, 5.41) is 5.75. The number of aliphatic imine (C=N–C) groups is 1. The van der Waals surface area contributed by atoms with Crippen molar-refractivity contribution in [1.29, 1.82) is 0 Å². The third kappa shape index (κ3) is 2.97. The molecule has 0 radical (unpaired) electrons. The minimum Gasteiger partial charge on any atom is -0.370 e. The van der Waals surface area contributed by atoms with E-state index in [2.05, 4.69) is 126 Å². The molecule has 38 heavy (non-hydrogen) atoms. The summed E-state index contributed by atoms with van der Waals surface area (Å²) in [6, 6.07) is 34.6. The van der Waals surface area contributed by atoms with Crippen molar-refractivity contribution in [3.8, 4) is 22.5 Å². The molecule has 1 aliphatic rings. The lowest BCUT2D eigenvalue weighted by Crippen LogP contribution is -2.16. The topological polar surface area (TPSA) is 60.0 Å². The molecule has 7 aromatic rings. The van der Waals surface area contributed by atoms with E-state index in [0.717, 1.165) is 33.8 Å². The van der Waals surface area contributed by atoms with E-state index in [4.69, 9.17) is 0 Å². The molecule has 0 fully saturated rings. The maximum absolute atomic E-state index is 4.57. The van der Waals surface area contributed by atoms with Crippen LogP contribution in [0.5, 0.6) is 0 Å². The second kappa shape index (κ2) is 8.15. The Kier molecular flexibility index (Phi) is 4.48. The van der Waals surface area contributed by atoms with Crippen LogP contribution in [0.2, 0.25) is 0 Å². The van der Waals surface area contributed by atoms with Crippen LogP contribution in [-0.2, 0) is 6.54 Å². The fourth-order valence-electron chi connectivity index (χ4n) is 5.81. The number of aromatic nitrogens is 4. The van der Waals surface area contributed by atoms with Crippen LogP contribution in [0.4, 0.5) is 5.69 Å². The van der Waals surface area contributed by atoms with Gasteiger partial charge in [-0.1, -0.05) is 60.7 Å². The van der Waals surface area contributed by atoms with Crippen LogP contribution >= 0.6 is 0 Å². The molecule has 0 bridgehead atoms. The molecule has 180 valence electrons. The molecule has 0 amide bonds. The molecule has 0 aliphatic carbocycles. The van der Waals surface area contributed by atoms with Gasteiger partial charge in [0.2, 0.25) is 0 Å². The Hall–Kier alpha value is -5.23. The number of benzene rings is 4. The van der Waals surface area contributed by atoms with Crippen LogP contribution < -0.4 is 5.32 Å². The van der Waals surface area contributed by atoms with Gasteiger partial charge in [-0.2, -0.15) is 0 Å². The molecule has 8 rings (SSSR count). The van der Waals surface area contributed by atoms with E-state index in [1.54, 1.807) is 12.7 Å². The van der Waals surface area contributed by atoms with Crippen LogP contribution in [0.1, 0.15) is 5.69 Å². The number of nitrogens with one attached hydrogen (secondary N) is 1. The highest BCUT2D eigenvalue weighted by Gasteiger charge is 2.21. The zero-order valence-corrected chi connectivity index (χ0v) is 20.4. The maximum atomic E-state index is 4.57. The molecule has 3 aromatic heterocycles. The van der Waals surface area contributed by atoms with Gasteiger partial charge in [0.05, 0.1) is 41.3 Å². The van der Waals surface area contributed by atoms with E-state index >= 15 is 0 Å². The Labute approximate surface area is 218 Å². The SMILES string of the molecule is C1=Nc2c(n(-c3ccc(-c4cccc5c4c4ccccc4n5-c4ccccc4)cc3)c3cncnc23)CN1. The standard InChI is InChI=1S/C32H22N6/c1-2-7-22(8-3-1)37-26-11-5-4-9-25(26)30-24(10-6-12-27(30)37)21-13-15-23(16-14-21)38-28-17-33-19-35-31(28)32-29(38)18-34-20-36-32/h1-17,19-20H,18H2,(H,34,36). The van der Waals surface area contributed by atoms with E-state index in [-0.39, 0.29) is 0 Å². The quantitative estimate of drug-likeness (QED) is 0.292. The molecule has 4 aromatic carbocycles. The van der Waals surface area contributed by atoms with Gasteiger partial charge in [0.1, 0.15) is 17.5 Å². The lowest BCUT2D eigenvalue weighted by atomic mass is 9.99. The van der Waals surface area contributed by atoms with Crippen LogP contribution in [0.3, 0.4) is 0 Å². The minimum absolute atomic E-state index is 0.690. The van der Waals surface area contributed by atoms with Crippen LogP contribution in [0.25, 0.3) is 55.3 Å². The Morgan fingerprint density at radius 2 is 1.47 bits per heavy atom. The average Bonchev–Trinajstić information content (AvgIpc) is 3.51. The summed E-state index contributed by atoms with van der Waals surface area (Å²) in [6.45, 7) is 0.690. The van der Waals surface area contributed by atoms with Crippen molar-refractivity contribution < 1.29 is 0 Å². The number of nitrogens with zero attached hydrogens (tertiary/aromatic N) is 5. The van der Waals surface area contributed by atoms with Crippen LogP contribution in [-0.4, -0.2) is 25.4 Å². The highest BCUT2D eigenvalue weighted by molar-refractivity contribution is 6.15. The van der Waals surface area contributed by atoms with Gasteiger partial charge in [-0.25, -0.2) is 15.0 Å². The fraction of sp³-hybridized carbons (Fsp3) is 0.0312. The highest BCUT2D eigenvalue weighted by atomic mass is 15.1. The predicted octanol–water partition coefficient (Wildman–Crippen LogP) is 6.95. The average molecular weight is 491 g/mol. The summed E-state index contributed by atoms with van der Waals surface area (Å²) in [5.74, 6) is 0. The summed E-state index contributed by atoms with van der Waals surface area (Å²) in [7, 11) is 0. The number of fused-ring (bicyclic) bond motifs is 6. The molecule has 0 atom stereocenters. The van der Waals surface area contributed by atoms with Crippen molar-refractivity contribution in [2.24, 2.45) is 4.99 Å². The van der Waals surface area contributed by atoms with Gasteiger partial charge >= 0.3 is 0 Å². The van der Waals surface area contributed by atoms with Gasteiger partial charge in [0.15, 0.2) is 0 Å². The van der Waals surface area contributed by atoms with Gasteiger partial charge in [0, 0.05) is 22.1 Å². The van der Waals surface area contributed by atoms with Crippen LogP contribution in [0.15, 0.2) is 115 Å². The van der Waals surface area contributed by atoms with Crippen LogP contribution in [0, 0.1) is 0 Å². The van der Waals surface area contributed by atoms with Gasteiger partial charge in [-0.05, 0) is 47.5 Å². The lowest BCUT2D eigenvalue weighted by Gasteiger charge is -2.14. The molecular weight excluding hydrogens is 468 g/mol. The molecule has 4 heterocycles. The summed E-state index contributed by atoms with van der Waals surface area (Å²) in [4.78, 5) is 13.4. The molecule has 1 N–H and O–H groups in total. The van der Waals surface area contributed by atoms with E-state index in [0.29, 0.717) is 6.54 Å². The molecule has 6 nitrogen and oxygen atoms in total. The Balaban J connectivity index is 1.32. The number of hydrogen-bond acceptors (Lipinski definition) is 4. The molecule has 1 aliphatic heterocycles. The molecule has 0 spiro atoms. The second-order valence-electron chi connectivity index (χ2n) is 9.46. The van der Waals surface area contributed by atoms with Crippen molar-refractivity contribution >= 4 is 44.9 Å². The summed E-state index contributed by atoms with van der Waals surface area (Å²) in [5.41, 5.74) is 10.8. The first-order chi connectivity index (χ1) is 18.9. The predicted molar refractivity (Wildman–Crippen MR) is 154 cm³/mol. The zero-order valence-electron chi connectivity index (χ0n) is 20.4. The third-order valence-electron chi connectivity index (χ3n) is 7.40. The summed E-state index contributed by atoms with van der Waals surface area (Å²) < 4.78 is 4.56. The monoisotopic (exact) mass is 490 g/mol. The Morgan fingerprint density at radius 1 is 0.684 bits per heavy atom. The van der Waals surface area contributed by atoms with Crippen molar-refractivity contribution in [3.63, 3.8) is 0 Å². The van der Waals surface area contributed by atoms with Gasteiger partial charge in [0.25, 0.3) is 0 Å². The normalized spacial score (nSPS) is 12.7. The fourth-order valence-corrected chi connectivity index (χ4v) is 5.81. The summed E-state index contributed by atoms with van der Waals surface area (Å²) in [6.07, 6.45) is 5.19. The van der Waals surface area contributed by atoms with E-state index < -0.39 is 0 Å². The molecular formula is C32H22N6. The van der Waals surface area contributed by atoms with E-state index in [9.17, 15) is 0 Å². The highest BCUT2D eigenvalue weighted by Crippen LogP contribution is 2.39. The van der Waals surface area contributed by atoms with Crippen molar-refractivity contribution in [1.82, 2.24) is 24.4 Å². The van der Waals surface area contributed by atoms with Gasteiger partial charge in [-0.3, -0.25) is 0 Å². The first-order valence-corrected chi connectivity index (χ1v) is 12.7. The van der Waals surface area contributed by atoms with Gasteiger partial charge < -0.3 is 14.5 Å². The molecule has 6 heteroatoms. The van der Waals surface area contributed by atoms with E-state index in [1.807, 2.05) is 6.20 Å². The smallest absolute Gasteiger partial charge is 0.118 e. The van der Waals surface area contributed by atoms with E-state index in [1.165, 1.54) is 32.9 Å². The van der Waals surface area contributed by atoms with Crippen molar-refractivity contribution in [2.45, 2.75) is 6.54 Å². The first-order valence-electron chi connectivity index (χ1n) is 12.7. The van der Waals surface area contributed by atoms with Crippen molar-refractivity contribution in [3.05, 3.63) is 115 Å². The molecule has 0 saturated heterocycles. The van der Waals surface area contributed by atoms with Crippen molar-refractivity contribution in [2.75, 3.05) is 0 Å².